The van der Waals surface area contributed by atoms with E-state index in [-0.39, 0.29) is 28.7 Å². The van der Waals surface area contributed by atoms with Crippen molar-refractivity contribution >= 4 is 17.6 Å². The molecule has 200 valence electrons. The number of nitrogens with one attached hydrogen (secondary N) is 2. The molecule has 0 bridgehead atoms. The highest BCUT2D eigenvalue weighted by Crippen LogP contribution is 2.44. The van der Waals surface area contributed by atoms with Crippen molar-refractivity contribution < 1.29 is 18.3 Å². The second-order valence-corrected chi connectivity index (χ2v) is 14.4. The van der Waals surface area contributed by atoms with Gasteiger partial charge in [0.15, 0.2) is 17.5 Å². The maximum Gasteiger partial charge on any atom is 0.252 e. The predicted octanol–water partition coefficient (Wildman–Crippen LogP) is 7.67. The Morgan fingerprint density at radius 2 is 1.39 bits per heavy atom. The van der Waals surface area contributed by atoms with Crippen LogP contribution in [0.4, 0.5) is 19.0 Å². The van der Waals surface area contributed by atoms with Gasteiger partial charge in [0, 0.05) is 33.1 Å². The summed E-state index contributed by atoms with van der Waals surface area (Å²) >= 11 is 0.807. The molecule has 4 nitrogen and oxygen atoms in total. The van der Waals surface area contributed by atoms with Crippen LogP contribution in [-0.2, 0) is 10.8 Å². The maximum atomic E-state index is 15.7. The van der Waals surface area contributed by atoms with E-state index in [0.717, 1.165) is 11.8 Å². The molecule has 36 heavy (non-hydrogen) atoms. The van der Waals surface area contributed by atoms with E-state index in [9.17, 15) is 13.9 Å². The molecule has 3 rings (SSSR count). The van der Waals surface area contributed by atoms with Crippen molar-refractivity contribution in [2.45, 2.75) is 120 Å². The molecule has 0 radical (unpaired) electrons. The van der Waals surface area contributed by atoms with Crippen LogP contribution >= 0.6 is 11.8 Å². The molecule has 1 aromatic heterocycles. The highest BCUT2D eigenvalue weighted by atomic mass is 32.2. The molecule has 2 aromatic rings. The molecule has 0 atom stereocenters. The van der Waals surface area contributed by atoms with E-state index >= 15 is 4.39 Å². The van der Waals surface area contributed by atoms with Crippen molar-refractivity contribution in [3.8, 4) is 5.75 Å². The Kier molecular flexibility index (Phi) is 7.50. The van der Waals surface area contributed by atoms with E-state index in [1.807, 2.05) is 41.5 Å². The minimum absolute atomic E-state index is 0.166. The average Bonchev–Trinajstić information content (AvgIpc) is 2.66. The highest BCUT2D eigenvalue weighted by molar-refractivity contribution is 7.99. The summed E-state index contributed by atoms with van der Waals surface area (Å²) in [4.78, 5) is 3.65. The topological polar surface area (TPSA) is 57.2 Å². The largest absolute Gasteiger partial charge is 0.507 e. The van der Waals surface area contributed by atoms with E-state index in [2.05, 4.69) is 43.3 Å². The molecule has 0 amide bonds. The lowest BCUT2D eigenvalue weighted by Gasteiger charge is -2.46. The van der Waals surface area contributed by atoms with Gasteiger partial charge in [0.05, 0.1) is 4.90 Å². The van der Waals surface area contributed by atoms with E-state index in [1.165, 1.54) is 0 Å². The van der Waals surface area contributed by atoms with Crippen LogP contribution in [0.3, 0.4) is 0 Å². The Hall–Kier alpha value is -1.93. The minimum Gasteiger partial charge on any atom is -0.507 e. The lowest BCUT2D eigenvalue weighted by Crippen LogP contribution is -2.60. The van der Waals surface area contributed by atoms with Crippen molar-refractivity contribution in [3.63, 3.8) is 0 Å². The molecule has 3 N–H and O–H groups in total. The molecule has 0 unspecified atom stereocenters. The Balaban J connectivity index is 2.05. The number of nitrogens with zero attached hydrogens (tertiary/aromatic N) is 1. The standard InChI is InChI=1S/C28H40F3N3OS/c1-25(2,3)17-11-16(12-18(21(17)35)26(4,5)6)36-22-19(29)23(31)33-24(20(22)30)32-15-13-27(7,8)34-28(9,10)14-15/h11-12,15,34-35H,13-14H2,1-10H3,(H,32,33). The van der Waals surface area contributed by atoms with Gasteiger partial charge in [0.1, 0.15) is 5.75 Å². The maximum absolute atomic E-state index is 15.7. The number of pyridine rings is 1. The summed E-state index contributed by atoms with van der Waals surface area (Å²) in [5, 5.41) is 17.6. The van der Waals surface area contributed by atoms with Crippen molar-refractivity contribution in [2.24, 2.45) is 0 Å². The van der Waals surface area contributed by atoms with E-state index < -0.39 is 33.3 Å². The van der Waals surface area contributed by atoms with Gasteiger partial charge in [-0.2, -0.15) is 9.37 Å². The lowest BCUT2D eigenvalue weighted by atomic mass is 9.79. The molecule has 1 aliphatic rings. The molecule has 1 aromatic carbocycles. The normalized spacial score (nSPS) is 18.4. The Labute approximate surface area is 217 Å². The summed E-state index contributed by atoms with van der Waals surface area (Å²) in [6.45, 7) is 20.0. The summed E-state index contributed by atoms with van der Waals surface area (Å²) in [6, 6.07) is 3.27. The lowest BCUT2D eigenvalue weighted by molar-refractivity contribution is 0.170. The van der Waals surface area contributed by atoms with Crippen LogP contribution in [0, 0.1) is 17.6 Å². The molecule has 1 saturated heterocycles. The van der Waals surface area contributed by atoms with Gasteiger partial charge >= 0.3 is 0 Å². The molecular weight excluding hydrogens is 483 g/mol. The van der Waals surface area contributed by atoms with Crippen LogP contribution in [0.1, 0.15) is 93.2 Å². The zero-order valence-corrected chi connectivity index (χ0v) is 23.9. The molecular formula is C28H40F3N3OS. The molecule has 8 heteroatoms. The molecule has 0 spiro atoms. The van der Waals surface area contributed by atoms with Gasteiger partial charge in [0.2, 0.25) is 0 Å². The van der Waals surface area contributed by atoms with Gasteiger partial charge in [-0.25, -0.2) is 8.78 Å². The molecule has 2 heterocycles. The van der Waals surface area contributed by atoms with Crippen molar-refractivity contribution in [1.29, 1.82) is 0 Å². The minimum atomic E-state index is -1.35. The number of phenols is 1. The number of benzene rings is 1. The number of hydrogen-bond acceptors (Lipinski definition) is 5. The molecule has 1 aliphatic heterocycles. The van der Waals surface area contributed by atoms with E-state index in [0.29, 0.717) is 28.9 Å². The van der Waals surface area contributed by atoms with E-state index in [1.54, 1.807) is 12.1 Å². The first kappa shape index (κ1) is 28.6. The smallest absolute Gasteiger partial charge is 0.252 e. The zero-order chi connectivity index (χ0) is 27.4. The average molecular weight is 524 g/mol. The third-order valence-electron chi connectivity index (χ3n) is 6.45. The van der Waals surface area contributed by atoms with Crippen LogP contribution in [0.15, 0.2) is 21.9 Å². The summed E-state index contributed by atoms with van der Waals surface area (Å²) in [7, 11) is 0. The SMILES string of the molecule is CC1(C)CC(Nc2nc(F)c(F)c(Sc3cc(C(C)(C)C)c(O)c(C(C)(C)C)c3)c2F)CC(C)(C)N1. The van der Waals surface area contributed by atoms with Gasteiger partial charge in [-0.05, 0) is 63.5 Å². The number of piperidine rings is 1. The van der Waals surface area contributed by atoms with Gasteiger partial charge < -0.3 is 15.7 Å². The first-order chi connectivity index (χ1) is 16.2. The number of aromatic hydroxyl groups is 1. The first-order valence-corrected chi connectivity index (χ1v) is 13.2. The fourth-order valence-electron chi connectivity index (χ4n) is 5.23. The van der Waals surface area contributed by atoms with Crippen molar-refractivity contribution in [2.75, 3.05) is 5.32 Å². The number of hydrogen-bond donors (Lipinski definition) is 3. The van der Waals surface area contributed by atoms with Crippen LogP contribution in [0.25, 0.3) is 0 Å². The second kappa shape index (κ2) is 9.43. The third kappa shape index (κ3) is 6.31. The van der Waals surface area contributed by atoms with Crippen molar-refractivity contribution in [1.82, 2.24) is 10.3 Å². The number of anilines is 1. The van der Waals surface area contributed by atoms with E-state index in [4.69, 9.17) is 0 Å². The summed E-state index contributed by atoms with van der Waals surface area (Å²) in [5.74, 6) is -3.72. The van der Waals surface area contributed by atoms with Crippen LogP contribution < -0.4 is 10.6 Å². The van der Waals surface area contributed by atoms with Crippen molar-refractivity contribution in [3.05, 3.63) is 40.8 Å². The van der Waals surface area contributed by atoms with Gasteiger partial charge in [-0.3, -0.25) is 0 Å². The first-order valence-electron chi connectivity index (χ1n) is 12.4. The Bertz CT molecular complexity index is 1100. The van der Waals surface area contributed by atoms with Crippen LogP contribution in [0.5, 0.6) is 5.75 Å². The predicted molar refractivity (Wildman–Crippen MR) is 142 cm³/mol. The highest BCUT2D eigenvalue weighted by Gasteiger charge is 2.38. The van der Waals surface area contributed by atoms with Crippen LogP contribution in [0.2, 0.25) is 0 Å². The summed E-state index contributed by atoms with van der Waals surface area (Å²) in [5.41, 5.74) is 0.0522. The summed E-state index contributed by atoms with van der Waals surface area (Å²) < 4.78 is 45.2. The third-order valence-corrected chi connectivity index (χ3v) is 7.48. The quantitative estimate of drug-likeness (QED) is 0.359. The number of aromatic nitrogens is 1. The molecule has 0 aliphatic carbocycles. The Morgan fingerprint density at radius 1 is 0.917 bits per heavy atom. The summed E-state index contributed by atoms with van der Waals surface area (Å²) in [6.07, 6.45) is 1.34. The van der Waals surface area contributed by atoms with Gasteiger partial charge in [0.25, 0.3) is 5.95 Å². The number of phenolic OH excluding ortho intramolecular Hbond substituents is 1. The van der Waals surface area contributed by atoms with Crippen LogP contribution in [-0.4, -0.2) is 27.2 Å². The van der Waals surface area contributed by atoms with Gasteiger partial charge in [-0.1, -0.05) is 53.3 Å². The number of rotatable bonds is 4. The zero-order valence-electron chi connectivity index (χ0n) is 23.1. The monoisotopic (exact) mass is 523 g/mol. The van der Waals surface area contributed by atoms with Gasteiger partial charge in [-0.15, -0.1) is 0 Å². The fraction of sp³-hybridized carbons (Fsp3) is 0.607. The fourth-order valence-corrected chi connectivity index (χ4v) is 6.17. The second-order valence-electron chi connectivity index (χ2n) is 13.3. The molecule has 1 fully saturated rings. The Morgan fingerprint density at radius 3 is 1.83 bits per heavy atom. The number of halogens is 3. The molecule has 0 saturated carbocycles.